The van der Waals surface area contributed by atoms with E-state index in [1.54, 1.807) is 11.8 Å². The van der Waals surface area contributed by atoms with Crippen LogP contribution in [0, 0.1) is 10.1 Å². The molecule has 0 bridgehead atoms. The van der Waals surface area contributed by atoms with Crippen LogP contribution >= 0.6 is 0 Å². The molecule has 0 fully saturated rings. The average Bonchev–Trinajstić information content (AvgIpc) is 2.71. The van der Waals surface area contributed by atoms with Crippen molar-refractivity contribution in [1.29, 1.82) is 0 Å². The minimum atomic E-state index is -0.696. The minimum absolute atomic E-state index is 0.0109. The van der Waals surface area contributed by atoms with Crippen LogP contribution in [0.5, 0.6) is 0 Å². The molecule has 0 radical (unpaired) electrons. The topological polar surface area (TPSA) is 89.8 Å². The number of ether oxygens (including phenoxy) is 1. The molecule has 148 valence electrons. The van der Waals surface area contributed by atoms with E-state index < -0.39 is 10.9 Å². The number of carbonyl (C=O) groups excluding carboxylic acids is 2. The first-order valence-electron chi connectivity index (χ1n) is 9.18. The van der Waals surface area contributed by atoms with E-state index in [-0.39, 0.29) is 35.4 Å². The number of benzene rings is 2. The molecule has 0 saturated heterocycles. The van der Waals surface area contributed by atoms with Gasteiger partial charge in [-0.3, -0.25) is 14.9 Å². The van der Waals surface area contributed by atoms with Gasteiger partial charge in [-0.1, -0.05) is 37.3 Å². The molecule has 0 N–H and O–H groups in total. The number of nitrogens with zero attached hydrogens (tertiary/aromatic N) is 2. The Morgan fingerprint density at radius 3 is 2.32 bits per heavy atom. The zero-order valence-corrected chi connectivity index (χ0v) is 16.3. The Bertz CT molecular complexity index is 851. The van der Waals surface area contributed by atoms with Crippen LogP contribution in [0.15, 0.2) is 48.5 Å². The molecule has 2 aromatic carbocycles. The van der Waals surface area contributed by atoms with Crippen molar-refractivity contribution in [2.45, 2.75) is 39.8 Å². The summed E-state index contributed by atoms with van der Waals surface area (Å²) in [7, 11) is 0. The summed E-state index contributed by atoms with van der Waals surface area (Å²) in [4.78, 5) is 37.6. The summed E-state index contributed by atoms with van der Waals surface area (Å²) in [5.74, 6) is -1.06. The number of esters is 1. The van der Waals surface area contributed by atoms with Gasteiger partial charge in [0.15, 0.2) is 0 Å². The first-order chi connectivity index (χ1) is 13.4. The van der Waals surface area contributed by atoms with E-state index in [2.05, 4.69) is 0 Å². The molecule has 1 amide bonds. The van der Waals surface area contributed by atoms with Gasteiger partial charge in [-0.15, -0.1) is 0 Å². The second kappa shape index (κ2) is 9.64. The summed E-state index contributed by atoms with van der Waals surface area (Å²) in [6, 6.07) is 13.1. The third-order valence-electron chi connectivity index (χ3n) is 4.47. The Labute approximate surface area is 164 Å². The lowest BCUT2D eigenvalue weighted by atomic mass is 10.1. The van der Waals surface area contributed by atoms with Crippen molar-refractivity contribution in [1.82, 2.24) is 4.90 Å². The van der Waals surface area contributed by atoms with E-state index in [9.17, 15) is 19.7 Å². The maximum Gasteiger partial charge on any atom is 0.338 e. The highest BCUT2D eigenvalue weighted by molar-refractivity contribution is 5.99. The van der Waals surface area contributed by atoms with Crippen LogP contribution in [0.1, 0.15) is 53.5 Å². The zero-order chi connectivity index (χ0) is 20.7. The van der Waals surface area contributed by atoms with Crippen molar-refractivity contribution in [3.8, 4) is 0 Å². The van der Waals surface area contributed by atoms with Crippen LogP contribution in [0.3, 0.4) is 0 Å². The lowest BCUT2D eigenvalue weighted by Gasteiger charge is -2.29. The second-order valence-corrected chi connectivity index (χ2v) is 6.42. The van der Waals surface area contributed by atoms with E-state index in [1.165, 1.54) is 12.1 Å². The highest BCUT2D eigenvalue weighted by atomic mass is 16.6. The van der Waals surface area contributed by atoms with Gasteiger partial charge in [0.05, 0.1) is 17.1 Å². The maximum absolute atomic E-state index is 13.2. The molecule has 7 nitrogen and oxygen atoms in total. The highest BCUT2D eigenvalue weighted by Gasteiger charge is 2.25. The van der Waals surface area contributed by atoms with Crippen molar-refractivity contribution in [3.05, 3.63) is 75.3 Å². The number of carbonyl (C=O) groups is 2. The van der Waals surface area contributed by atoms with Gasteiger partial charge < -0.3 is 9.64 Å². The normalized spacial score (nSPS) is 11.5. The minimum Gasteiger partial charge on any atom is -0.462 e. The van der Waals surface area contributed by atoms with E-state index in [0.717, 1.165) is 18.1 Å². The van der Waals surface area contributed by atoms with Crippen LogP contribution in [-0.2, 0) is 11.3 Å². The maximum atomic E-state index is 13.2. The van der Waals surface area contributed by atoms with Crippen LogP contribution in [0.4, 0.5) is 5.69 Å². The molecule has 7 heteroatoms. The smallest absolute Gasteiger partial charge is 0.338 e. The van der Waals surface area contributed by atoms with Gasteiger partial charge in [0.25, 0.3) is 11.6 Å². The summed E-state index contributed by atoms with van der Waals surface area (Å²) in [6.45, 7) is 6.04. The van der Waals surface area contributed by atoms with Crippen LogP contribution in [0.2, 0.25) is 0 Å². The van der Waals surface area contributed by atoms with E-state index in [0.29, 0.717) is 6.54 Å². The Morgan fingerprint density at radius 2 is 1.75 bits per heavy atom. The molecule has 0 aliphatic rings. The van der Waals surface area contributed by atoms with E-state index in [4.69, 9.17) is 4.74 Å². The number of hydrogen-bond donors (Lipinski definition) is 0. The number of amides is 1. The number of non-ortho nitro benzene ring substituents is 1. The van der Waals surface area contributed by atoms with Gasteiger partial charge in [-0.25, -0.2) is 4.79 Å². The zero-order valence-electron chi connectivity index (χ0n) is 16.3. The fraction of sp³-hybridized carbons (Fsp3) is 0.333. The Hall–Kier alpha value is -3.22. The van der Waals surface area contributed by atoms with E-state index >= 15 is 0 Å². The van der Waals surface area contributed by atoms with E-state index in [1.807, 2.05) is 44.2 Å². The molecular weight excluding hydrogens is 360 g/mol. The van der Waals surface area contributed by atoms with Gasteiger partial charge in [-0.05, 0) is 31.9 Å². The molecular formula is C21H24N2O5. The van der Waals surface area contributed by atoms with Gasteiger partial charge in [0, 0.05) is 30.3 Å². The van der Waals surface area contributed by atoms with Crippen molar-refractivity contribution in [2.75, 3.05) is 6.61 Å². The first kappa shape index (κ1) is 21.1. The monoisotopic (exact) mass is 384 g/mol. The molecule has 0 aliphatic heterocycles. The predicted octanol–water partition coefficient (Wildman–Crippen LogP) is 4.21. The number of hydrogen-bond acceptors (Lipinski definition) is 5. The molecule has 0 aliphatic carbocycles. The predicted molar refractivity (Wildman–Crippen MR) is 105 cm³/mol. The van der Waals surface area contributed by atoms with Gasteiger partial charge in [0.2, 0.25) is 0 Å². The van der Waals surface area contributed by atoms with Gasteiger partial charge >= 0.3 is 5.97 Å². The van der Waals surface area contributed by atoms with Crippen LogP contribution in [-0.4, -0.2) is 34.3 Å². The standard InChI is InChI=1S/C21H24N2O5/c1-4-15(3)22(14-16-9-7-6-8-10-16)20(24)17-11-18(21(25)28-5-2)13-19(12-17)23(26)27/h6-13,15H,4-5,14H2,1-3H3. The molecule has 0 spiro atoms. The van der Waals surface area contributed by atoms with Gasteiger partial charge in [0.1, 0.15) is 0 Å². The molecule has 2 aromatic rings. The van der Waals surface area contributed by atoms with Crippen LogP contribution < -0.4 is 0 Å². The lowest BCUT2D eigenvalue weighted by Crippen LogP contribution is -2.38. The summed E-state index contributed by atoms with van der Waals surface area (Å²) >= 11 is 0. The molecule has 28 heavy (non-hydrogen) atoms. The van der Waals surface area contributed by atoms with Crippen molar-refractivity contribution < 1.29 is 19.2 Å². The largest absolute Gasteiger partial charge is 0.462 e. The highest BCUT2D eigenvalue weighted by Crippen LogP contribution is 2.22. The van der Waals surface area contributed by atoms with Crippen LogP contribution in [0.25, 0.3) is 0 Å². The summed E-state index contributed by atoms with van der Waals surface area (Å²) in [5.41, 5.74) is 0.710. The molecule has 2 rings (SSSR count). The third-order valence-corrected chi connectivity index (χ3v) is 4.47. The first-order valence-corrected chi connectivity index (χ1v) is 9.18. The number of nitro benzene ring substituents is 1. The number of nitro groups is 1. The second-order valence-electron chi connectivity index (χ2n) is 6.42. The van der Waals surface area contributed by atoms with Crippen molar-refractivity contribution in [2.24, 2.45) is 0 Å². The SMILES string of the molecule is CCOC(=O)c1cc(C(=O)N(Cc2ccccc2)C(C)CC)cc([N+](=O)[O-])c1. The Morgan fingerprint density at radius 1 is 1.11 bits per heavy atom. The molecule has 1 unspecified atom stereocenters. The Kier molecular flexibility index (Phi) is 7.26. The molecule has 0 aromatic heterocycles. The summed E-state index contributed by atoms with van der Waals surface area (Å²) in [6.07, 6.45) is 0.720. The lowest BCUT2D eigenvalue weighted by molar-refractivity contribution is -0.384. The van der Waals surface area contributed by atoms with Crippen molar-refractivity contribution in [3.63, 3.8) is 0 Å². The fourth-order valence-electron chi connectivity index (χ4n) is 2.77. The fourth-order valence-corrected chi connectivity index (χ4v) is 2.77. The Balaban J connectivity index is 2.44. The molecule has 0 heterocycles. The molecule has 1 atom stereocenters. The summed E-state index contributed by atoms with van der Waals surface area (Å²) < 4.78 is 4.94. The summed E-state index contributed by atoms with van der Waals surface area (Å²) in [5, 5.41) is 11.3. The van der Waals surface area contributed by atoms with Crippen molar-refractivity contribution >= 4 is 17.6 Å². The molecule has 0 saturated carbocycles. The number of rotatable bonds is 8. The third kappa shape index (κ3) is 5.16. The average molecular weight is 384 g/mol. The quantitative estimate of drug-likeness (QED) is 0.386. The van der Waals surface area contributed by atoms with Gasteiger partial charge in [-0.2, -0.15) is 0 Å².